The lowest BCUT2D eigenvalue weighted by Crippen LogP contribution is -2.45. The largest absolute Gasteiger partial charge is 0.493 e. The molecule has 7 nitrogen and oxygen atoms in total. The van der Waals surface area contributed by atoms with E-state index in [0.717, 1.165) is 41.4 Å². The van der Waals surface area contributed by atoms with E-state index in [2.05, 4.69) is 16.4 Å². The number of piperidine rings is 1. The molecule has 3 aromatic rings. The third kappa shape index (κ3) is 4.74. The predicted molar refractivity (Wildman–Crippen MR) is 132 cm³/mol. The van der Waals surface area contributed by atoms with Crippen molar-refractivity contribution in [2.45, 2.75) is 32.1 Å². The SMILES string of the molecule is CCC(=O)N1CCCC(C(=O)NCC(c2cccc(OC)c2OC)c2c[nH]c3ccccc23)C1. The molecule has 180 valence electrons. The van der Waals surface area contributed by atoms with Crippen LogP contribution in [0.15, 0.2) is 48.7 Å². The second kappa shape index (κ2) is 10.6. The molecule has 4 rings (SSSR count). The van der Waals surface area contributed by atoms with Gasteiger partial charge in [-0.25, -0.2) is 0 Å². The van der Waals surface area contributed by atoms with Gasteiger partial charge >= 0.3 is 0 Å². The van der Waals surface area contributed by atoms with Crippen molar-refractivity contribution in [3.8, 4) is 11.5 Å². The van der Waals surface area contributed by atoms with Crippen LogP contribution < -0.4 is 14.8 Å². The number of likely N-dealkylation sites (tertiary alicyclic amines) is 1. The first-order valence-electron chi connectivity index (χ1n) is 11.9. The number of carbonyl (C=O) groups is 2. The lowest BCUT2D eigenvalue weighted by Gasteiger charge is -2.32. The van der Waals surface area contributed by atoms with Gasteiger partial charge in [0.25, 0.3) is 0 Å². The molecule has 2 N–H and O–H groups in total. The average Bonchev–Trinajstić information content (AvgIpc) is 3.32. The summed E-state index contributed by atoms with van der Waals surface area (Å²) in [6.07, 6.45) is 4.11. The van der Waals surface area contributed by atoms with E-state index in [-0.39, 0.29) is 23.7 Å². The van der Waals surface area contributed by atoms with Gasteiger partial charge < -0.3 is 24.7 Å². The second-order valence-electron chi connectivity index (χ2n) is 8.70. The number of para-hydroxylation sites is 2. The highest BCUT2D eigenvalue weighted by molar-refractivity contribution is 5.85. The second-order valence-corrected chi connectivity index (χ2v) is 8.70. The summed E-state index contributed by atoms with van der Waals surface area (Å²) < 4.78 is 11.3. The van der Waals surface area contributed by atoms with E-state index in [4.69, 9.17) is 9.47 Å². The molecule has 1 saturated heterocycles. The first-order valence-corrected chi connectivity index (χ1v) is 11.9. The van der Waals surface area contributed by atoms with Crippen LogP contribution in [0.2, 0.25) is 0 Å². The summed E-state index contributed by atoms with van der Waals surface area (Å²) >= 11 is 0. The van der Waals surface area contributed by atoms with E-state index < -0.39 is 0 Å². The van der Waals surface area contributed by atoms with Crippen molar-refractivity contribution in [1.82, 2.24) is 15.2 Å². The summed E-state index contributed by atoms with van der Waals surface area (Å²) in [7, 11) is 3.25. The number of hydrogen-bond acceptors (Lipinski definition) is 4. The van der Waals surface area contributed by atoms with Crippen LogP contribution in [0.5, 0.6) is 11.5 Å². The Hall–Kier alpha value is -3.48. The number of aromatic amines is 1. The molecule has 0 saturated carbocycles. The molecular formula is C27H33N3O4. The van der Waals surface area contributed by atoms with E-state index in [1.54, 1.807) is 14.2 Å². The fourth-order valence-corrected chi connectivity index (χ4v) is 4.94. The Morgan fingerprint density at radius 1 is 1.12 bits per heavy atom. The molecule has 1 fully saturated rings. The Morgan fingerprint density at radius 3 is 2.71 bits per heavy atom. The molecule has 0 radical (unpaired) electrons. The van der Waals surface area contributed by atoms with Crippen LogP contribution in [0.25, 0.3) is 10.9 Å². The number of benzene rings is 2. The molecule has 1 aliphatic heterocycles. The molecule has 2 heterocycles. The van der Waals surface area contributed by atoms with E-state index >= 15 is 0 Å². The Bertz CT molecular complexity index is 1160. The van der Waals surface area contributed by atoms with Crippen LogP contribution in [0.4, 0.5) is 0 Å². The normalized spacial score (nSPS) is 16.8. The number of fused-ring (bicyclic) bond motifs is 1. The van der Waals surface area contributed by atoms with Crippen molar-refractivity contribution in [1.29, 1.82) is 0 Å². The first-order chi connectivity index (χ1) is 16.6. The topological polar surface area (TPSA) is 83.7 Å². The molecule has 1 aromatic heterocycles. The molecule has 2 amide bonds. The Labute approximate surface area is 200 Å². The summed E-state index contributed by atoms with van der Waals surface area (Å²) in [6.45, 7) is 3.48. The van der Waals surface area contributed by atoms with Crippen LogP contribution in [0.1, 0.15) is 43.2 Å². The Kier molecular flexibility index (Phi) is 7.40. The minimum atomic E-state index is -0.194. The quantitative estimate of drug-likeness (QED) is 0.527. The van der Waals surface area contributed by atoms with Crippen molar-refractivity contribution >= 4 is 22.7 Å². The third-order valence-electron chi connectivity index (χ3n) is 6.73. The number of hydrogen-bond donors (Lipinski definition) is 2. The molecule has 0 aliphatic carbocycles. The number of amides is 2. The van der Waals surface area contributed by atoms with Gasteiger partial charge in [-0.15, -0.1) is 0 Å². The van der Waals surface area contributed by atoms with Crippen LogP contribution in [-0.4, -0.2) is 55.6 Å². The van der Waals surface area contributed by atoms with Crippen molar-refractivity contribution in [3.63, 3.8) is 0 Å². The molecule has 1 aliphatic rings. The molecule has 2 aromatic carbocycles. The average molecular weight is 464 g/mol. The lowest BCUT2D eigenvalue weighted by atomic mass is 9.89. The Balaban J connectivity index is 1.62. The minimum Gasteiger partial charge on any atom is -0.493 e. The van der Waals surface area contributed by atoms with Crippen LogP contribution in [0, 0.1) is 5.92 Å². The van der Waals surface area contributed by atoms with Gasteiger partial charge in [-0.05, 0) is 30.5 Å². The molecular weight excluding hydrogens is 430 g/mol. The third-order valence-corrected chi connectivity index (χ3v) is 6.73. The van der Waals surface area contributed by atoms with Crippen molar-refractivity contribution in [2.75, 3.05) is 33.9 Å². The van der Waals surface area contributed by atoms with Gasteiger partial charge in [0.05, 0.1) is 20.1 Å². The molecule has 2 unspecified atom stereocenters. The predicted octanol–water partition coefficient (Wildman–Crippen LogP) is 4.08. The van der Waals surface area contributed by atoms with E-state index in [0.29, 0.717) is 31.0 Å². The summed E-state index contributed by atoms with van der Waals surface area (Å²) in [5, 5.41) is 4.28. The summed E-state index contributed by atoms with van der Waals surface area (Å²) in [5.74, 6) is 1.06. The fourth-order valence-electron chi connectivity index (χ4n) is 4.94. The van der Waals surface area contributed by atoms with E-state index in [1.165, 1.54) is 0 Å². The summed E-state index contributed by atoms with van der Waals surface area (Å²) in [4.78, 5) is 30.5. The number of ether oxygens (including phenoxy) is 2. The zero-order valence-electron chi connectivity index (χ0n) is 20.1. The zero-order chi connectivity index (χ0) is 24.1. The molecule has 7 heteroatoms. The smallest absolute Gasteiger partial charge is 0.224 e. The number of nitrogens with one attached hydrogen (secondary N) is 2. The number of H-pyrrole nitrogens is 1. The highest BCUT2D eigenvalue weighted by atomic mass is 16.5. The van der Waals surface area contributed by atoms with Gasteiger partial charge in [0.1, 0.15) is 0 Å². The minimum absolute atomic E-state index is 0.0136. The number of carbonyl (C=O) groups excluding carboxylic acids is 2. The van der Waals surface area contributed by atoms with Gasteiger partial charge in [0.2, 0.25) is 11.8 Å². The number of nitrogens with zero attached hydrogens (tertiary/aromatic N) is 1. The van der Waals surface area contributed by atoms with Gasteiger partial charge in [0, 0.05) is 54.6 Å². The Morgan fingerprint density at radius 2 is 1.94 bits per heavy atom. The monoisotopic (exact) mass is 463 g/mol. The maximum atomic E-state index is 13.2. The van der Waals surface area contributed by atoms with E-state index in [1.807, 2.05) is 54.4 Å². The van der Waals surface area contributed by atoms with Gasteiger partial charge in [-0.2, -0.15) is 0 Å². The molecule has 2 atom stereocenters. The van der Waals surface area contributed by atoms with Crippen molar-refractivity contribution in [2.24, 2.45) is 5.92 Å². The van der Waals surface area contributed by atoms with Gasteiger partial charge in [0.15, 0.2) is 11.5 Å². The van der Waals surface area contributed by atoms with Gasteiger partial charge in [-0.3, -0.25) is 9.59 Å². The van der Waals surface area contributed by atoms with Crippen LogP contribution in [-0.2, 0) is 9.59 Å². The van der Waals surface area contributed by atoms with Crippen molar-refractivity contribution < 1.29 is 19.1 Å². The summed E-state index contributed by atoms with van der Waals surface area (Å²) in [6, 6.07) is 14.0. The number of aromatic nitrogens is 1. The van der Waals surface area contributed by atoms with Crippen LogP contribution >= 0.6 is 0 Å². The van der Waals surface area contributed by atoms with Crippen LogP contribution in [0.3, 0.4) is 0 Å². The highest BCUT2D eigenvalue weighted by Crippen LogP contribution is 2.40. The maximum Gasteiger partial charge on any atom is 0.224 e. The molecule has 0 spiro atoms. The lowest BCUT2D eigenvalue weighted by molar-refractivity contribution is -0.135. The standard InChI is InChI=1S/C27H33N3O4/c1-4-25(31)30-14-8-9-18(17-30)27(32)29-16-22(20-11-7-13-24(33-2)26(20)34-3)21-15-28-23-12-6-5-10-19(21)23/h5-7,10-13,15,18,22,28H,4,8-9,14,16-17H2,1-3H3,(H,29,32). The number of methoxy groups -OCH3 is 2. The first kappa shape index (κ1) is 23.7. The van der Waals surface area contributed by atoms with Gasteiger partial charge in [-0.1, -0.05) is 37.3 Å². The highest BCUT2D eigenvalue weighted by Gasteiger charge is 2.29. The fraction of sp³-hybridized carbons (Fsp3) is 0.407. The zero-order valence-corrected chi connectivity index (χ0v) is 20.1. The van der Waals surface area contributed by atoms with Crippen molar-refractivity contribution in [3.05, 3.63) is 59.8 Å². The maximum absolute atomic E-state index is 13.2. The molecule has 34 heavy (non-hydrogen) atoms. The summed E-state index contributed by atoms with van der Waals surface area (Å²) in [5.41, 5.74) is 3.06. The number of rotatable bonds is 8. The van der Waals surface area contributed by atoms with E-state index in [9.17, 15) is 9.59 Å². The molecule has 0 bridgehead atoms.